The van der Waals surface area contributed by atoms with Crippen molar-refractivity contribution in [3.05, 3.63) is 59.8 Å². The van der Waals surface area contributed by atoms with Gasteiger partial charge in [0.05, 0.1) is 11.6 Å². The van der Waals surface area contributed by atoms with Crippen molar-refractivity contribution in [2.45, 2.75) is 19.0 Å². The molecule has 1 N–H and O–H groups in total. The molecular formula is C17H16N4O. The molecule has 1 aromatic heterocycles. The van der Waals surface area contributed by atoms with Gasteiger partial charge in [0.2, 0.25) is 5.91 Å². The number of pyridine rings is 1. The van der Waals surface area contributed by atoms with Crippen LogP contribution in [0.5, 0.6) is 0 Å². The molecule has 110 valence electrons. The van der Waals surface area contributed by atoms with Crippen molar-refractivity contribution < 1.29 is 4.79 Å². The number of anilines is 1. The minimum Gasteiger partial charge on any atom is -0.365 e. The molecule has 1 amide bonds. The number of carbonyl (C=O) groups is 1. The van der Waals surface area contributed by atoms with Gasteiger partial charge in [0.1, 0.15) is 11.9 Å². The van der Waals surface area contributed by atoms with Crippen molar-refractivity contribution in [2.24, 2.45) is 0 Å². The number of aromatic nitrogens is 1. The van der Waals surface area contributed by atoms with E-state index in [9.17, 15) is 4.79 Å². The lowest BCUT2D eigenvalue weighted by Gasteiger charge is -2.17. The third-order valence-electron chi connectivity index (χ3n) is 3.68. The van der Waals surface area contributed by atoms with Gasteiger partial charge in [0.25, 0.3) is 0 Å². The third-order valence-corrected chi connectivity index (χ3v) is 3.68. The van der Waals surface area contributed by atoms with Crippen LogP contribution in [0.2, 0.25) is 0 Å². The fourth-order valence-corrected chi connectivity index (χ4v) is 2.58. The number of hydrogen-bond donors (Lipinski definition) is 1. The van der Waals surface area contributed by atoms with Crippen molar-refractivity contribution >= 4 is 11.7 Å². The number of rotatable bonds is 4. The van der Waals surface area contributed by atoms with E-state index in [1.165, 1.54) is 6.20 Å². The first-order chi connectivity index (χ1) is 10.7. The highest BCUT2D eigenvalue weighted by Crippen LogP contribution is 2.18. The fourth-order valence-electron chi connectivity index (χ4n) is 2.58. The highest BCUT2D eigenvalue weighted by atomic mass is 16.2. The second-order valence-corrected chi connectivity index (χ2v) is 5.35. The van der Waals surface area contributed by atoms with Gasteiger partial charge >= 0.3 is 0 Å². The zero-order valence-corrected chi connectivity index (χ0v) is 12.1. The second-order valence-electron chi connectivity index (χ2n) is 5.35. The van der Waals surface area contributed by atoms with Crippen LogP contribution < -0.4 is 5.32 Å². The lowest BCUT2D eigenvalue weighted by molar-refractivity contribution is -0.128. The Balaban J connectivity index is 1.60. The molecule has 2 aromatic rings. The van der Waals surface area contributed by atoms with Crippen molar-refractivity contribution in [2.75, 3.05) is 11.9 Å². The van der Waals surface area contributed by atoms with E-state index in [4.69, 9.17) is 5.26 Å². The SMILES string of the molecule is N#Cc1ccc(N[C@@H]2CC(=O)N(Cc3ccccc3)C2)nc1. The van der Waals surface area contributed by atoms with Crippen LogP contribution >= 0.6 is 0 Å². The van der Waals surface area contributed by atoms with E-state index in [0.717, 1.165) is 5.56 Å². The zero-order valence-electron chi connectivity index (χ0n) is 12.1. The normalized spacial score (nSPS) is 17.3. The van der Waals surface area contributed by atoms with Gasteiger partial charge in [-0.05, 0) is 17.7 Å². The van der Waals surface area contributed by atoms with Gasteiger partial charge in [-0.2, -0.15) is 5.26 Å². The minimum absolute atomic E-state index is 0.0525. The summed E-state index contributed by atoms with van der Waals surface area (Å²) in [5.41, 5.74) is 1.66. The van der Waals surface area contributed by atoms with E-state index < -0.39 is 0 Å². The molecule has 5 heteroatoms. The Morgan fingerprint density at radius 3 is 2.77 bits per heavy atom. The number of nitriles is 1. The van der Waals surface area contributed by atoms with E-state index in [0.29, 0.717) is 30.9 Å². The predicted molar refractivity (Wildman–Crippen MR) is 82.8 cm³/mol. The number of likely N-dealkylation sites (tertiary alicyclic amines) is 1. The Hall–Kier alpha value is -2.87. The van der Waals surface area contributed by atoms with Gasteiger partial charge in [-0.25, -0.2) is 4.98 Å². The second kappa shape index (κ2) is 6.27. The summed E-state index contributed by atoms with van der Waals surface area (Å²) in [6.45, 7) is 1.30. The summed E-state index contributed by atoms with van der Waals surface area (Å²) in [6.07, 6.45) is 2.00. The quantitative estimate of drug-likeness (QED) is 0.937. The molecule has 5 nitrogen and oxygen atoms in total. The summed E-state index contributed by atoms with van der Waals surface area (Å²) >= 11 is 0. The molecule has 1 saturated heterocycles. The number of nitrogens with zero attached hydrogens (tertiary/aromatic N) is 3. The van der Waals surface area contributed by atoms with E-state index in [1.807, 2.05) is 41.3 Å². The molecule has 0 unspecified atom stereocenters. The summed E-state index contributed by atoms with van der Waals surface area (Å²) < 4.78 is 0. The maximum atomic E-state index is 12.1. The molecule has 0 saturated carbocycles. The standard InChI is InChI=1S/C17H16N4O/c18-9-14-6-7-16(19-10-14)20-15-8-17(22)21(12-15)11-13-4-2-1-3-5-13/h1-7,10,15H,8,11-12H2,(H,19,20)/t15-/m1/s1. The van der Waals surface area contributed by atoms with Crippen LogP contribution in [0.4, 0.5) is 5.82 Å². The summed E-state index contributed by atoms with van der Waals surface area (Å²) in [7, 11) is 0. The zero-order chi connectivity index (χ0) is 15.4. The molecule has 0 aliphatic carbocycles. The number of amides is 1. The molecular weight excluding hydrogens is 276 g/mol. The highest BCUT2D eigenvalue weighted by Gasteiger charge is 2.29. The van der Waals surface area contributed by atoms with Crippen LogP contribution in [-0.4, -0.2) is 28.4 Å². The van der Waals surface area contributed by atoms with Crippen molar-refractivity contribution in [3.63, 3.8) is 0 Å². The molecule has 0 spiro atoms. The largest absolute Gasteiger partial charge is 0.365 e. The fraction of sp³-hybridized carbons (Fsp3) is 0.235. The first-order valence-corrected chi connectivity index (χ1v) is 7.19. The van der Waals surface area contributed by atoms with Crippen LogP contribution in [0.15, 0.2) is 48.7 Å². The Kier molecular flexibility index (Phi) is 4.01. The van der Waals surface area contributed by atoms with Crippen LogP contribution in [0.25, 0.3) is 0 Å². The van der Waals surface area contributed by atoms with Crippen molar-refractivity contribution in [1.82, 2.24) is 9.88 Å². The van der Waals surface area contributed by atoms with Gasteiger partial charge in [-0.3, -0.25) is 4.79 Å². The van der Waals surface area contributed by atoms with E-state index in [1.54, 1.807) is 12.1 Å². The monoisotopic (exact) mass is 292 g/mol. The van der Waals surface area contributed by atoms with E-state index >= 15 is 0 Å². The van der Waals surface area contributed by atoms with Crippen LogP contribution in [0, 0.1) is 11.3 Å². The maximum Gasteiger partial charge on any atom is 0.225 e. The first-order valence-electron chi connectivity index (χ1n) is 7.19. The molecule has 0 radical (unpaired) electrons. The average Bonchev–Trinajstić information content (AvgIpc) is 2.88. The predicted octanol–water partition coefficient (Wildman–Crippen LogP) is 2.17. The van der Waals surface area contributed by atoms with Crippen molar-refractivity contribution in [3.8, 4) is 6.07 Å². The average molecular weight is 292 g/mol. The molecule has 22 heavy (non-hydrogen) atoms. The third kappa shape index (κ3) is 3.23. The first kappa shape index (κ1) is 14.1. The smallest absolute Gasteiger partial charge is 0.225 e. The van der Waals surface area contributed by atoms with Crippen molar-refractivity contribution in [1.29, 1.82) is 5.26 Å². The van der Waals surface area contributed by atoms with Gasteiger partial charge in [0, 0.05) is 25.7 Å². The Bertz CT molecular complexity index is 691. The summed E-state index contributed by atoms with van der Waals surface area (Å²) in [5, 5.41) is 12.0. The van der Waals surface area contributed by atoms with Crippen LogP contribution in [-0.2, 0) is 11.3 Å². The topological polar surface area (TPSA) is 69.0 Å². The molecule has 2 heterocycles. The molecule has 0 bridgehead atoms. The Labute approximate surface area is 129 Å². The molecule has 1 aliphatic heterocycles. The van der Waals surface area contributed by atoms with Crippen LogP contribution in [0.3, 0.4) is 0 Å². The Morgan fingerprint density at radius 1 is 1.27 bits per heavy atom. The maximum absolute atomic E-state index is 12.1. The summed E-state index contributed by atoms with van der Waals surface area (Å²) in [5.74, 6) is 0.841. The molecule has 3 rings (SSSR count). The minimum atomic E-state index is 0.0525. The van der Waals surface area contributed by atoms with Gasteiger partial charge < -0.3 is 10.2 Å². The number of hydrogen-bond acceptors (Lipinski definition) is 4. The summed E-state index contributed by atoms with van der Waals surface area (Å²) in [6, 6.07) is 15.5. The Morgan fingerprint density at radius 2 is 2.09 bits per heavy atom. The van der Waals surface area contributed by atoms with Crippen LogP contribution in [0.1, 0.15) is 17.5 Å². The molecule has 1 fully saturated rings. The van der Waals surface area contributed by atoms with Gasteiger partial charge in [-0.15, -0.1) is 0 Å². The van der Waals surface area contributed by atoms with Gasteiger partial charge in [0.15, 0.2) is 0 Å². The lowest BCUT2D eigenvalue weighted by Crippen LogP contribution is -2.27. The summed E-state index contributed by atoms with van der Waals surface area (Å²) in [4.78, 5) is 18.1. The van der Waals surface area contributed by atoms with Gasteiger partial charge in [-0.1, -0.05) is 30.3 Å². The number of benzene rings is 1. The molecule has 1 aromatic carbocycles. The van der Waals surface area contributed by atoms with E-state index in [2.05, 4.69) is 10.3 Å². The number of nitrogens with one attached hydrogen (secondary N) is 1. The lowest BCUT2D eigenvalue weighted by atomic mass is 10.2. The highest BCUT2D eigenvalue weighted by molar-refractivity contribution is 5.80. The molecule has 1 atom stereocenters. The van der Waals surface area contributed by atoms with E-state index in [-0.39, 0.29) is 11.9 Å². The molecule has 1 aliphatic rings. The number of carbonyl (C=O) groups excluding carboxylic acids is 1.